The smallest absolute Gasteiger partial charge is 0.191 e. The fourth-order valence-electron chi connectivity index (χ4n) is 3.27. The van der Waals surface area contributed by atoms with E-state index in [-0.39, 0.29) is 24.0 Å². The molecule has 0 radical (unpaired) electrons. The Morgan fingerprint density at radius 2 is 2.00 bits per heavy atom. The molecule has 0 atom stereocenters. The van der Waals surface area contributed by atoms with Crippen LogP contribution in [-0.4, -0.2) is 50.2 Å². The second-order valence-corrected chi connectivity index (χ2v) is 7.04. The summed E-state index contributed by atoms with van der Waals surface area (Å²) in [5.74, 6) is 1.83. The Kier molecular flexibility index (Phi) is 12.5. The molecule has 6 heteroatoms. The van der Waals surface area contributed by atoms with Gasteiger partial charge in [0.05, 0.1) is 6.61 Å². The Morgan fingerprint density at radius 1 is 1.22 bits per heavy atom. The van der Waals surface area contributed by atoms with Crippen LogP contribution in [0.3, 0.4) is 0 Å². The molecule has 1 aromatic carbocycles. The molecule has 0 bridgehead atoms. The molecule has 0 unspecified atom stereocenters. The van der Waals surface area contributed by atoms with Crippen molar-refractivity contribution in [1.29, 1.82) is 0 Å². The van der Waals surface area contributed by atoms with Gasteiger partial charge in [-0.15, -0.1) is 24.0 Å². The van der Waals surface area contributed by atoms with Crippen molar-refractivity contribution < 1.29 is 4.74 Å². The summed E-state index contributed by atoms with van der Waals surface area (Å²) >= 11 is 0. The van der Waals surface area contributed by atoms with Gasteiger partial charge in [-0.1, -0.05) is 32.4 Å². The molecule has 5 nitrogen and oxygen atoms in total. The number of hydrogen-bond acceptors (Lipinski definition) is 3. The Hall–Kier alpha value is -1.02. The molecule has 1 aromatic rings. The number of unbranched alkanes of at least 4 members (excludes halogenated alkanes) is 1. The van der Waals surface area contributed by atoms with Gasteiger partial charge >= 0.3 is 0 Å². The van der Waals surface area contributed by atoms with Crippen molar-refractivity contribution in [2.24, 2.45) is 4.99 Å². The summed E-state index contributed by atoms with van der Waals surface area (Å²) in [6.07, 6.45) is 5.85. The van der Waals surface area contributed by atoms with E-state index in [1.807, 2.05) is 13.1 Å². The number of guanidine groups is 1. The van der Waals surface area contributed by atoms with Crippen molar-refractivity contribution >= 4 is 29.9 Å². The number of halogens is 1. The quantitative estimate of drug-likeness (QED) is 0.239. The minimum absolute atomic E-state index is 0. The molecule has 0 saturated carbocycles. The third kappa shape index (κ3) is 9.14. The summed E-state index contributed by atoms with van der Waals surface area (Å²) in [5, 5.41) is 7.01. The zero-order valence-electron chi connectivity index (χ0n) is 17.2. The summed E-state index contributed by atoms with van der Waals surface area (Å²) in [5.41, 5.74) is 1.21. The fraction of sp³-hybridized carbons (Fsp3) is 0.667. The SMILES string of the molecule is CCCCOc1cccc(CNC(=NC)NC2CCN(CCC)CC2)c1.I. The van der Waals surface area contributed by atoms with E-state index in [9.17, 15) is 0 Å². The van der Waals surface area contributed by atoms with E-state index < -0.39 is 0 Å². The van der Waals surface area contributed by atoms with Crippen molar-refractivity contribution in [3.8, 4) is 5.75 Å². The van der Waals surface area contributed by atoms with Crippen molar-refractivity contribution in [2.75, 3.05) is 33.3 Å². The van der Waals surface area contributed by atoms with Crippen LogP contribution >= 0.6 is 24.0 Å². The molecular weight excluding hydrogens is 451 g/mol. The minimum Gasteiger partial charge on any atom is -0.494 e. The van der Waals surface area contributed by atoms with Crippen LogP contribution in [0.2, 0.25) is 0 Å². The molecule has 0 aromatic heterocycles. The lowest BCUT2D eigenvalue weighted by molar-refractivity contribution is 0.206. The van der Waals surface area contributed by atoms with E-state index >= 15 is 0 Å². The van der Waals surface area contributed by atoms with Crippen LogP contribution in [0.15, 0.2) is 29.3 Å². The summed E-state index contributed by atoms with van der Waals surface area (Å²) < 4.78 is 5.79. The van der Waals surface area contributed by atoms with Gasteiger partial charge in [0.25, 0.3) is 0 Å². The highest BCUT2D eigenvalue weighted by molar-refractivity contribution is 14.0. The van der Waals surface area contributed by atoms with Crippen LogP contribution in [0.1, 0.15) is 51.5 Å². The van der Waals surface area contributed by atoms with Gasteiger partial charge in [0.15, 0.2) is 5.96 Å². The third-order valence-corrected chi connectivity index (χ3v) is 4.82. The molecule has 1 aliphatic heterocycles. The van der Waals surface area contributed by atoms with Crippen molar-refractivity contribution in [2.45, 2.75) is 58.5 Å². The minimum atomic E-state index is 0. The van der Waals surface area contributed by atoms with Gasteiger partial charge in [0.1, 0.15) is 5.75 Å². The first-order valence-corrected chi connectivity index (χ1v) is 10.2. The van der Waals surface area contributed by atoms with Gasteiger partial charge < -0.3 is 20.3 Å². The van der Waals surface area contributed by atoms with Gasteiger partial charge in [-0.25, -0.2) is 0 Å². The molecule has 27 heavy (non-hydrogen) atoms. The number of nitrogens with zero attached hydrogens (tertiary/aromatic N) is 2. The fourth-order valence-corrected chi connectivity index (χ4v) is 3.27. The first kappa shape index (κ1) is 24.0. The Morgan fingerprint density at radius 3 is 2.67 bits per heavy atom. The maximum Gasteiger partial charge on any atom is 0.191 e. The van der Waals surface area contributed by atoms with E-state index in [0.29, 0.717) is 6.04 Å². The number of hydrogen-bond donors (Lipinski definition) is 2. The van der Waals surface area contributed by atoms with E-state index in [1.165, 1.54) is 44.5 Å². The summed E-state index contributed by atoms with van der Waals surface area (Å²) in [4.78, 5) is 6.94. The Labute approximate surface area is 182 Å². The molecule has 2 N–H and O–H groups in total. The molecule has 2 rings (SSSR count). The zero-order valence-corrected chi connectivity index (χ0v) is 19.5. The van der Waals surface area contributed by atoms with E-state index in [1.54, 1.807) is 0 Å². The lowest BCUT2D eigenvalue weighted by Crippen LogP contribution is -2.48. The van der Waals surface area contributed by atoms with Gasteiger partial charge in [-0.05, 0) is 49.9 Å². The first-order valence-electron chi connectivity index (χ1n) is 10.2. The van der Waals surface area contributed by atoms with Gasteiger partial charge in [-0.2, -0.15) is 0 Å². The lowest BCUT2D eigenvalue weighted by atomic mass is 10.1. The van der Waals surface area contributed by atoms with Crippen LogP contribution in [-0.2, 0) is 6.54 Å². The van der Waals surface area contributed by atoms with Crippen LogP contribution < -0.4 is 15.4 Å². The van der Waals surface area contributed by atoms with Crippen LogP contribution in [0.4, 0.5) is 0 Å². The van der Waals surface area contributed by atoms with Crippen LogP contribution in [0, 0.1) is 0 Å². The molecule has 154 valence electrons. The molecule has 1 aliphatic rings. The van der Waals surface area contributed by atoms with Gasteiger partial charge in [-0.3, -0.25) is 4.99 Å². The zero-order chi connectivity index (χ0) is 18.6. The average Bonchev–Trinajstić information content (AvgIpc) is 2.67. The van der Waals surface area contributed by atoms with Crippen molar-refractivity contribution in [3.05, 3.63) is 29.8 Å². The van der Waals surface area contributed by atoms with Crippen molar-refractivity contribution in [3.63, 3.8) is 0 Å². The maximum absolute atomic E-state index is 5.79. The number of piperidine rings is 1. The normalized spacial score (nSPS) is 15.9. The summed E-state index contributed by atoms with van der Waals surface area (Å²) in [7, 11) is 1.84. The first-order chi connectivity index (χ1) is 12.7. The molecule has 0 aliphatic carbocycles. The largest absolute Gasteiger partial charge is 0.494 e. The number of ether oxygens (including phenoxy) is 1. The molecule has 1 fully saturated rings. The van der Waals surface area contributed by atoms with E-state index in [4.69, 9.17) is 4.74 Å². The highest BCUT2D eigenvalue weighted by Crippen LogP contribution is 2.14. The topological polar surface area (TPSA) is 48.9 Å². The number of rotatable bonds is 9. The number of benzene rings is 1. The molecule has 0 spiro atoms. The van der Waals surface area contributed by atoms with Gasteiger partial charge in [0, 0.05) is 32.7 Å². The van der Waals surface area contributed by atoms with Crippen LogP contribution in [0.25, 0.3) is 0 Å². The maximum atomic E-state index is 5.79. The van der Waals surface area contributed by atoms with Gasteiger partial charge in [0.2, 0.25) is 0 Å². The second-order valence-electron chi connectivity index (χ2n) is 7.04. The van der Waals surface area contributed by atoms with Crippen LogP contribution in [0.5, 0.6) is 5.75 Å². The number of aliphatic imine (C=N–C) groups is 1. The standard InChI is InChI=1S/C21H36N4O.HI/c1-4-6-15-26-20-9-7-8-18(16-20)17-23-21(22-3)24-19-10-13-25(12-5-2)14-11-19;/h7-9,16,19H,4-6,10-15,17H2,1-3H3,(H2,22,23,24);1H. The summed E-state index contributed by atoms with van der Waals surface area (Å²) in [6.45, 7) is 9.54. The molecule has 1 heterocycles. The predicted molar refractivity (Wildman–Crippen MR) is 125 cm³/mol. The average molecular weight is 488 g/mol. The van der Waals surface area contributed by atoms with E-state index in [2.05, 4.69) is 52.6 Å². The molecule has 1 saturated heterocycles. The van der Waals surface area contributed by atoms with Crippen molar-refractivity contribution in [1.82, 2.24) is 15.5 Å². The number of nitrogens with one attached hydrogen (secondary N) is 2. The molecular formula is C21H37IN4O. The Balaban J connectivity index is 0.00000364. The highest BCUT2D eigenvalue weighted by atomic mass is 127. The van der Waals surface area contributed by atoms with E-state index in [0.717, 1.165) is 37.7 Å². The number of likely N-dealkylation sites (tertiary alicyclic amines) is 1. The second kappa shape index (κ2) is 14.0. The highest BCUT2D eigenvalue weighted by Gasteiger charge is 2.19. The Bertz CT molecular complexity index is 545. The monoisotopic (exact) mass is 488 g/mol. The predicted octanol–water partition coefficient (Wildman–Crippen LogP) is 4.02. The third-order valence-electron chi connectivity index (χ3n) is 4.82. The lowest BCUT2D eigenvalue weighted by Gasteiger charge is -2.32. The summed E-state index contributed by atoms with van der Waals surface area (Å²) in [6, 6.07) is 8.82. The molecule has 0 amide bonds.